The summed E-state index contributed by atoms with van der Waals surface area (Å²) < 4.78 is 5.58. The van der Waals surface area contributed by atoms with Crippen molar-refractivity contribution in [3.05, 3.63) is 0 Å². The maximum atomic E-state index is 11.7. The highest BCUT2D eigenvalue weighted by Crippen LogP contribution is 2.17. The molecule has 2 atom stereocenters. The number of aliphatic hydroxyl groups is 1. The van der Waals surface area contributed by atoms with Gasteiger partial charge in [-0.05, 0) is 38.9 Å². The molecule has 0 aromatic carbocycles. The van der Waals surface area contributed by atoms with Crippen LogP contribution in [0.2, 0.25) is 0 Å². The standard InChI is InChI=1S/C13H25NO3S/c1-13(16,10-18-2)9-14-12(15)7-6-11-5-3-4-8-17-11/h11,16H,3-10H2,1-2H3,(H,14,15). The molecule has 4 nitrogen and oxygen atoms in total. The maximum Gasteiger partial charge on any atom is 0.220 e. The fourth-order valence-electron chi connectivity index (χ4n) is 2.07. The van der Waals surface area contributed by atoms with E-state index in [-0.39, 0.29) is 12.0 Å². The van der Waals surface area contributed by atoms with Gasteiger partial charge in [0.2, 0.25) is 5.91 Å². The van der Waals surface area contributed by atoms with E-state index >= 15 is 0 Å². The van der Waals surface area contributed by atoms with E-state index in [1.807, 2.05) is 6.26 Å². The summed E-state index contributed by atoms with van der Waals surface area (Å²) in [5.41, 5.74) is -0.823. The van der Waals surface area contributed by atoms with Crippen LogP contribution in [-0.2, 0) is 9.53 Å². The lowest BCUT2D eigenvalue weighted by Crippen LogP contribution is -2.42. The fraction of sp³-hybridized carbons (Fsp3) is 0.923. The van der Waals surface area contributed by atoms with Crippen molar-refractivity contribution in [2.24, 2.45) is 0 Å². The Balaban J connectivity index is 2.13. The van der Waals surface area contributed by atoms with Crippen LogP contribution in [0.5, 0.6) is 0 Å². The van der Waals surface area contributed by atoms with Crippen LogP contribution < -0.4 is 5.32 Å². The molecule has 2 N–H and O–H groups in total. The number of thioether (sulfide) groups is 1. The molecule has 0 bridgehead atoms. The molecule has 1 saturated heterocycles. The van der Waals surface area contributed by atoms with Gasteiger partial charge in [-0.2, -0.15) is 11.8 Å². The Hall–Kier alpha value is -0.260. The molecule has 2 unspecified atom stereocenters. The van der Waals surface area contributed by atoms with Crippen LogP contribution in [0.15, 0.2) is 0 Å². The van der Waals surface area contributed by atoms with Gasteiger partial charge in [0.1, 0.15) is 0 Å². The molecule has 0 radical (unpaired) electrons. The number of ether oxygens (including phenoxy) is 1. The van der Waals surface area contributed by atoms with Crippen molar-refractivity contribution >= 4 is 17.7 Å². The highest BCUT2D eigenvalue weighted by atomic mass is 32.2. The summed E-state index contributed by atoms with van der Waals surface area (Å²) >= 11 is 1.58. The Bertz CT molecular complexity index is 253. The third-order valence-electron chi connectivity index (χ3n) is 3.09. The zero-order valence-electron chi connectivity index (χ0n) is 11.4. The normalized spacial score (nSPS) is 23.4. The highest BCUT2D eigenvalue weighted by Gasteiger charge is 2.21. The summed E-state index contributed by atoms with van der Waals surface area (Å²) in [6.45, 7) is 2.89. The van der Waals surface area contributed by atoms with Crippen LogP contribution in [0, 0.1) is 0 Å². The lowest BCUT2D eigenvalue weighted by Gasteiger charge is -2.24. The molecule has 1 fully saturated rings. The monoisotopic (exact) mass is 275 g/mol. The lowest BCUT2D eigenvalue weighted by atomic mass is 10.0. The molecule has 1 rings (SSSR count). The Kier molecular flexibility index (Phi) is 7.04. The first-order chi connectivity index (χ1) is 8.53. The molecular formula is C13H25NO3S. The quantitative estimate of drug-likeness (QED) is 0.740. The number of nitrogens with one attached hydrogen (secondary N) is 1. The van der Waals surface area contributed by atoms with Gasteiger partial charge in [-0.3, -0.25) is 4.79 Å². The topological polar surface area (TPSA) is 58.6 Å². The Morgan fingerprint density at radius 3 is 2.94 bits per heavy atom. The molecular weight excluding hydrogens is 250 g/mol. The third-order valence-corrected chi connectivity index (χ3v) is 4.00. The van der Waals surface area contributed by atoms with Crippen LogP contribution >= 0.6 is 11.8 Å². The second-order valence-electron chi connectivity index (χ2n) is 5.23. The van der Waals surface area contributed by atoms with Crippen molar-refractivity contribution in [1.29, 1.82) is 0 Å². The van der Waals surface area contributed by atoms with Crippen LogP contribution in [0.3, 0.4) is 0 Å². The summed E-state index contributed by atoms with van der Waals surface area (Å²) in [7, 11) is 0. The van der Waals surface area contributed by atoms with E-state index in [0.717, 1.165) is 25.9 Å². The van der Waals surface area contributed by atoms with Gasteiger partial charge in [-0.25, -0.2) is 0 Å². The minimum absolute atomic E-state index is 0.00514. The molecule has 0 spiro atoms. The predicted molar refractivity (Wildman–Crippen MR) is 74.8 cm³/mol. The predicted octanol–water partition coefficient (Wildman–Crippen LogP) is 1.57. The minimum atomic E-state index is -0.823. The summed E-state index contributed by atoms with van der Waals surface area (Å²) in [4.78, 5) is 11.7. The van der Waals surface area contributed by atoms with E-state index < -0.39 is 5.60 Å². The molecule has 0 aliphatic carbocycles. The van der Waals surface area contributed by atoms with Crippen molar-refractivity contribution in [2.45, 2.75) is 50.7 Å². The first-order valence-electron chi connectivity index (χ1n) is 6.63. The van der Waals surface area contributed by atoms with Crippen LogP contribution in [0.1, 0.15) is 39.0 Å². The van der Waals surface area contributed by atoms with Crippen LogP contribution in [0.4, 0.5) is 0 Å². The van der Waals surface area contributed by atoms with E-state index in [1.54, 1.807) is 18.7 Å². The lowest BCUT2D eigenvalue weighted by molar-refractivity contribution is -0.123. The van der Waals surface area contributed by atoms with E-state index in [9.17, 15) is 9.90 Å². The van der Waals surface area contributed by atoms with Crippen molar-refractivity contribution in [3.63, 3.8) is 0 Å². The molecule has 18 heavy (non-hydrogen) atoms. The fourth-order valence-corrected chi connectivity index (χ4v) is 2.79. The number of hydrogen-bond acceptors (Lipinski definition) is 4. The molecule has 5 heteroatoms. The SMILES string of the molecule is CSCC(C)(O)CNC(=O)CCC1CCCCO1. The van der Waals surface area contributed by atoms with Gasteiger partial charge < -0.3 is 15.2 Å². The van der Waals surface area contributed by atoms with Crippen molar-refractivity contribution in [3.8, 4) is 0 Å². The number of rotatable bonds is 7. The summed E-state index contributed by atoms with van der Waals surface area (Å²) in [6.07, 6.45) is 6.87. The maximum absolute atomic E-state index is 11.7. The molecule has 0 aromatic heterocycles. The van der Waals surface area contributed by atoms with Gasteiger partial charge in [0.05, 0.1) is 11.7 Å². The van der Waals surface area contributed by atoms with Gasteiger partial charge in [-0.15, -0.1) is 0 Å². The highest BCUT2D eigenvalue weighted by molar-refractivity contribution is 7.98. The van der Waals surface area contributed by atoms with Crippen LogP contribution in [0.25, 0.3) is 0 Å². The molecule has 1 aliphatic heterocycles. The Morgan fingerprint density at radius 1 is 1.56 bits per heavy atom. The van der Waals surface area contributed by atoms with Crippen molar-refractivity contribution in [2.75, 3.05) is 25.2 Å². The molecule has 1 aliphatic rings. The second-order valence-corrected chi connectivity index (χ2v) is 6.10. The molecule has 106 valence electrons. The minimum Gasteiger partial charge on any atom is -0.387 e. The third kappa shape index (κ3) is 6.61. The number of hydrogen-bond donors (Lipinski definition) is 2. The molecule has 0 saturated carbocycles. The van der Waals surface area contributed by atoms with Gasteiger partial charge >= 0.3 is 0 Å². The van der Waals surface area contributed by atoms with Gasteiger partial charge in [0, 0.05) is 25.3 Å². The van der Waals surface area contributed by atoms with E-state index in [1.165, 1.54) is 6.42 Å². The summed E-state index contributed by atoms with van der Waals surface area (Å²) in [5, 5.41) is 12.7. The number of carbonyl (C=O) groups excluding carboxylic acids is 1. The van der Waals surface area contributed by atoms with Crippen LogP contribution in [-0.4, -0.2) is 47.9 Å². The number of amides is 1. The average molecular weight is 275 g/mol. The molecule has 1 amide bonds. The number of carbonyl (C=O) groups is 1. The zero-order chi connectivity index (χ0) is 13.4. The van der Waals surface area contributed by atoms with Crippen molar-refractivity contribution < 1.29 is 14.6 Å². The smallest absolute Gasteiger partial charge is 0.220 e. The van der Waals surface area contributed by atoms with Gasteiger partial charge in [-0.1, -0.05) is 0 Å². The van der Waals surface area contributed by atoms with Gasteiger partial charge in [0.25, 0.3) is 0 Å². The first kappa shape index (κ1) is 15.8. The van der Waals surface area contributed by atoms with Gasteiger partial charge in [0.15, 0.2) is 0 Å². The zero-order valence-corrected chi connectivity index (χ0v) is 12.2. The molecule has 0 aromatic rings. The Labute approximate surface area is 114 Å². The average Bonchev–Trinajstić information content (AvgIpc) is 2.35. The second kappa shape index (κ2) is 8.02. The van der Waals surface area contributed by atoms with Crippen molar-refractivity contribution in [1.82, 2.24) is 5.32 Å². The summed E-state index contributed by atoms with van der Waals surface area (Å²) in [6, 6.07) is 0. The molecule has 1 heterocycles. The van der Waals surface area contributed by atoms with E-state index in [4.69, 9.17) is 4.74 Å². The summed E-state index contributed by atoms with van der Waals surface area (Å²) in [5.74, 6) is 0.629. The van der Waals surface area contributed by atoms with E-state index in [2.05, 4.69) is 5.32 Å². The first-order valence-corrected chi connectivity index (χ1v) is 8.02. The Morgan fingerprint density at radius 2 is 2.33 bits per heavy atom. The van der Waals surface area contributed by atoms with E-state index in [0.29, 0.717) is 18.7 Å². The largest absolute Gasteiger partial charge is 0.387 e.